The number of aromatic nitrogens is 2. The predicted octanol–water partition coefficient (Wildman–Crippen LogP) is 0.862. The first-order chi connectivity index (χ1) is 12.0. The minimum Gasteiger partial charge on any atom is -0.376 e. The minimum atomic E-state index is -0.909. The molecule has 9 heteroatoms. The molecule has 1 aromatic carbocycles. The smallest absolute Gasteiger partial charge is 0.318 e. The molecule has 8 nitrogen and oxygen atoms in total. The Bertz CT molecular complexity index is 861. The number of hydrogen-bond acceptors (Lipinski definition) is 6. The number of fused-ring (bicyclic) bond motifs is 1. The highest BCUT2D eigenvalue weighted by molar-refractivity contribution is 7.99. The van der Waals surface area contributed by atoms with Gasteiger partial charge in [-0.25, -0.2) is 9.78 Å². The maximum atomic E-state index is 12.8. The van der Waals surface area contributed by atoms with E-state index in [1.54, 1.807) is 28.8 Å². The van der Waals surface area contributed by atoms with Crippen molar-refractivity contribution >= 4 is 34.6 Å². The van der Waals surface area contributed by atoms with Crippen LogP contribution < -0.4 is 16.6 Å². The van der Waals surface area contributed by atoms with Gasteiger partial charge in [-0.2, -0.15) is 0 Å². The summed E-state index contributed by atoms with van der Waals surface area (Å²) in [4.78, 5) is 39.7. The number of amides is 3. The summed E-state index contributed by atoms with van der Waals surface area (Å²) in [5.74, 6) is -0.609. The molecule has 1 aliphatic rings. The molecule has 0 unspecified atom stereocenters. The summed E-state index contributed by atoms with van der Waals surface area (Å²) >= 11 is 1.09. The first-order valence-electron chi connectivity index (χ1n) is 7.88. The second kappa shape index (κ2) is 7.66. The molecule has 3 rings (SSSR count). The molecular formula is C16H18N4O4S. The molecule has 1 saturated heterocycles. The number of thioether (sulfide) groups is 1. The maximum Gasteiger partial charge on any atom is 0.318 e. The van der Waals surface area contributed by atoms with Crippen molar-refractivity contribution in [1.29, 1.82) is 0 Å². The van der Waals surface area contributed by atoms with E-state index in [1.165, 1.54) is 0 Å². The molecule has 1 atom stereocenters. The zero-order chi connectivity index (χ0) is 17.8. The van der Waals surface area contributed by atoms with Gasteiger partial charge in [-0.15, -0.1) is 0 Å². The molecule has 2 heterocycles. The summed E-state index contributed by atoms with van der Waals surface area (Å²) < 4.78 is 7.16. The fourth-order valence-electron chi connectivity index (χ4n) is 2.71. The maximum absolute atomic E-state index is 12.8. The van der Waals surface area contributed by atoms with Gasteiger partial charge in [0.05, 0.1) is 29.3 Å². The first-order valence-corrected chi connectivity index (χ1v) is 8.86. The molecular weight excluding hydrogens is 344 g/mol. The Balaban J connectivity index is 1.91. The van der Waals surface area contributed by atoms with E-state index in [4.69, 9.17) is 10.5 Å². The number of primary amides is 1. The third-order valence-corrected chi connectivity index (χ3v) is 4.81. The van der Waals surface area contributed by atoms with E-state index in [9.17, 15) is 14.4 Å². The van der Waals surface area contributed by atoms with Crippen LogP contribution in [0.1, 0.15) is 12.8 Å². The van der Waals surface area contributed by atoms with E-state index in [2.05, 4.69) is 4.98 Å². The van der Waals surface area contributed by atoms with Crippen molar-refractivity contribution in [2.45, 2.75) is 30.6 Å². The number of nitrogens with zero attached hydrogens (tertiary/aromatic N) is 2. The molecule has 0 bridgehead atoms. The minimum absolute atomic E-state index is 0.0422. The van der Waals surface area contributed by atoms with Crippen LogP contribution in [0.25, 0.3) is 10.9 Å². The van der Waals surface area contributed by atoms with Crippen LogP contribution in [0.4, 0.5) is 4.79 Å². The third kappa shape index (κ3) is 4.18. The summed E-state index contributed by atoms with van der Waals surface area (Å²) in [5.41, 5.74) is 5.33. The number of ether oxygens (including phenoxy) is 1. The zero-order valence-corrected chi connectivity index (χ0v) is 14.3. The Morgan fingerprint density at radius 1 is 1.40 bits per heavy atom. The first kappa shape index (κ1) is 17.4. The number of nitrogens with two attached hydrogens (primary N) is 1. The van der Waals surface area contributed by atoms with Gasteiger partial charge in [-0.05, 0) is 25.0 Å². The van der Waals surface area contributed by atoms with Gasteiger partial charge < -0.3 is 10.5 Å². The van der Waals surface area contributed by atoms with Crippen LogP contribution in [0.5, 0.6) is 0 Å². The standard InChI is InChI=1S/C16H18N4O4S/c17-15(23)19-13(21)9-25-16-18-12-6-2-1-5-11(12)14(22)20(16)8-10-4-3-7-24-10/h1-2,5-6,10H,3-4,7-9H2,(H3,17,19,21,23)/t10-/m1/s1. The topological polar surface area (TPSA) is 116 Å². The highest BCUT2D eigenvalue weighted by Crippen LogP contribution is 2.20. The number of nitrogens with one attached hydrogen (secondary N) is 1. The zero-order valence-electron chi connectivity index (χ0n) is 13.4. The lowest BCUT2D eigenvalue weighted by atomic mass is 10.2. The van der Waals surface area contributed by atoms with Crippen molar-refractivity contribution in [1.82, 2.24) is 14.9 Å². The van der Waals surface area contributed by atoms with Crippen LogP contribution in [0, 0.1) is 0 Å². The van der Waals surface area contributed by atoms with Gasteiger partial charge in [0.2, 0.25) is 5.91 Å². The van der Waals surface area contributed by atoms with Crippen molar-refractivity contribution in [3.05, 3.63) is 34.6 Å². The Morgan fingerprint density at radius 2 is 2.20 bits per heavy atom. The molecule has 1 fully saturated rings. The van der Waals surface area contributed by atoms with Crippen molar-refractivity contribution in [2.24, 2.45) is 5.73 Å². The van der Waals surface area contributed by atoms with Crippen molar-refractivity contribution in [2.75, 3.05) is 12.4 Å². The lowest BCUT2D eigenvalue weighted by Crippen LogP contribution is -2.36. The molecule has 3 N–H and O–H groups in total. The molecule has 0 aliphatic carbocycles. The summed E-state index contributed by atoms with van der Waals surface area (Å²) in [7, 11) is 0. The number of para-hydroxylation sites is 1. The van der Waals surface area contributed by atoms with Gasteiger partial charge in [0.25, 0.3) is 5.56 Å². The quantitative estimate of drug-likeness (QED) is 0.602. The molecule has 2 aromatic rings. The number of carbonyl (C=O) groups excluding carboxylic acids is 2. The molecule has 132 valence electrons. The molecule has 0 spiro atoms. The van der Waals surface area contributed by atoms with E-state index in [-0.39, 0.29) is 17.4 Å². The summed E-state index contributed by atoms with van der Waals surface area (Å²) in [6.45, 7) is 1.07. The van der Waals surface area contributed by atoms with Crippen molar-refractivity contribution in [3.63, 3.8) is 0 Å². The fraction of sp³-hybridized carbons (Fsp3) is 0.375. The lowest BCUT2D eigenvalue weighted by Gasteiger charge is -2.16. The van der Waals surface area contributed by atoms with Crippen LogP contribution in [-0.4, -0.2) is 40.0 Å². The van der Waals surface area contributed by atoms with Gasteiger partial charge in [-0.1, -0.05) is 23.9 Å². The Hall–Kier alpha value is -2.39. The molecule has 0 radical (unpaired) electrons. The van der Waals surface area contributed by atoms with Crippen molar-refractivity contribution < 1.29 is 14.3 Å². The SMILES string of the molecule is NC(=O)NC(=O)CSc1nc2ccccc2c(=O)n1C[C@H]1CCCO1. The normalized spacial score (nSPS) is 16.9. The lowest BCUT2D eigenvalue weighted by molar-refractivity contribution is -0.117. The summed E-state index contributed by atoms with van der Waals surface area (Å²) in [5, 5.41) is 2.93. The van der Waals surface area contributed by atoms with Gasteiger partial charge in [0.1, 0.15) is 0 Å². The highest BCUT2D eigenvalue weighted by atomic mass is 32.2. The van der Waals surface area contributed by atoms with Crippen LogP contribution >= 0.6 is 11.8 Å². The number of rotatable bonds is 5. The summed E-state index contributed by atoms with van der Waals surface area (Å²) in [6.07, 6.45) is 1.80. The monoisotopic (exact) mass is 362 g/mol. The number of urea groups is 1. The molecule has 1 aromatic heterocycles. The Morgan fingerprint density at radius 3 is 2.92 bits per heavy atom. The molecule has 25 heavy (non-hydrogen) atoms. The second-order valence-corrected chi connectivity index (χ2v) is 6.61. The van der Waals surface area contributed by atoms with Crippen LogP contribution in [0.2, 0.25) is 0 Å². The van der Waals surface area contributed by atoms with Gasteiger partial charge >= 0.3 is 6.03 Å². The van der Waals surface area contributed by atoms with Crippen LogP contribution in [-0.2, 0) is 16.1 Å². The third-order valence-electron chi connectivity index (χ3n) is 3.83. The molecule has 0 saturated carbocycles. The van der Waals surface area contributed by atoms with Crippen LogP contribution in [0.15, 0.2) is 34.2 Å². The van der Waals surface area contributed by atoms with E-state index in [0.29, 0.717) is 29.2 Å². The van der Waals surface area contributed by atoms with E-state index in [0.717, 1.165) is 24.6 Å². The molecule has 3 amide bonds. The number of imide groups is 1. The number of carbonyl (C=O) groups is 2. The van der Waals surface area contributed by atoms with Gasteiger partial charge in [0.15, 0.2) is 5.16 Å². The average molecular weight is 362 g/mol. The largest absolute Gasteiger partial charge is 0.376 e. The van der Waals surface area contributed by atoms with Gasteiger partial charge in [-0.3, -0.25) is 19.5 Å². The Labute approximate surface area is 147 Å². The van der Waals surface area contributed by atoms with E-state index in [1.807, 2.05) is 5.32 Å². The highest BCUT2D eigenvalue weighted by Gasteiger charge is 2.20. The predicted molar refractivity (Wildman–Crippen MR) is 93.4 cm³/mol. The van der Waals surface area contributed by atoms with Gasteiger partial charge in [0, 0.05) is 6.61 Å². The molecule has 1 aliphatic heterocycles. The van der Waals surface area contributed by atoms with Crippen LogP contribution in [0.3, 0.4) is 0 Å². The summed E-state index contributed by atoms with van der Waals surface area (Å²) in [6, 6.07) is 6.15. The van der Waals surface area contributed by atoms with Crippen molar-refractivity contribution in [3.8, 4) is 0 Å². The van der Waals surface area contributed by atoms with E-state index >= 15 is 0 Å². The average Bonchev–Trinajstić information content (AvgIpc) is 3.08. The number of benzene rings is 1. The number of hydrogen-bond donors (Lipinski definition) is 2. The van der Waals surface area contributed by atoms with E-state index < -0.39 is 11.9 Å². The second-order valence-electron chi connectivity index (χ2n) is 5.66. The Kier molecular flexibility index (Phi) is 5.34. The fourth-order valence-corrected chi connectivity index (χ4v) is 3.52.